The summed E-state index contributed by atoms with van der Waals surface area (Å²) < 4.78 is 27.8. The number of amides is 1. The fourth-order valence-corrected chi connectivity index (χ4v) is 5.03. The summed E-state index contributed by atoms with van der Waals surface area (Å²) in [4.78, 5) is 14.1. The van der Waals surface area contributed by atoms with Crippen LogP contribution in [0.5, 0.6) is 0 Å². The maximum atomic E-state index is 12.7. The minimum Gasteiger partial charge on any atom is -0.393 e. The van der Waals surface area contributed by atoms with Gasteiger partial charge in [0, 0.05) is 23.8 Å². The summed E-state index contributed by atoms with van der Waals surface area (Å²) in [5, 5.41) is 9.98. The number of carbonyl (C=O) groups excluding carboxylic acids is 1. The molecule has 1 amide bonds. The molecule has 156 valence electrons. The van der Waals surface area contributed by atoms with Crippen molar-refractivity contribution in [2.45, 2.75) is 37.2 Å². The summed E-state index contributed by atoms with van der Waals surface area (Å²) in [7, 11) is -3.88. The molecule has 2 aromatic rings. The number of hydrogen-bond donors (Lipinski definition) is 2. The number of anilines is 1. The molecule has 1 aliphatic heterocycles. The lowest BCUT2D eigenvalue weighted by Crippen LogP contribution is -2.40. The fraction of sp³-hybridized carbons (Fsp3) is 0.350. The Morgan fingerprint density at radius 3 is 2.38 bits per heavy atom. The van der Waals surface area contributed by atoms with Crippen LogP contribution in [-0.4, -0.2) is 43.5 Å². The Bertz CT molecular complexity index is 1000. The molecule has 1 aliphatic rings. The van der Waals surface area contributed by atoms with Crippen LogP contribution in [0.25, 0.3) is 0 Å². The topological polar surface area (TPSA) is 86.7 Å². The van der Waals surface area contributed by atoms with Crippen molar-refractivity contribution in [2.24, 2.45) is 0 Å². The van der Waals surface area contributed by atoms with Crippen molar-refractivity contribution < 1.29 is 18.3 Å². The quantitative estimate of drug-likeness (QED) is 0.718. The monoisotopic (exact) mass is 456 g/mol. The smallest absolute Gasteiger partial charge is 0.263 e. The molecule has 29 heavy (non-hydrogen) atoms. The highest BCUT2D eigenvalue weighted by atomic mass is 35.5. The van der Waals surface area contributed by atoms with Crippen LogP contribution in [0.4, 0.5) is 5.69 Å². The summed E-state index contributed by atoms with van der Waals surface area (Å²) in [5.74, 6) is -0.00588. The van der Waals surface area contributed by atoms with Crippen molar-refractivity contribution in [3.8, 4) is 0 Å². The van der Waals surface area contributed by atoms with Crippen LogP contribution in [0.2, 0.25) is 10.0 Å². The first kappa shape index (κ1) is 21.9. The molecule has 0 radical (unpaired) electrons. The summed E-state index contributed by atoms with van der Waals surface area (Å²) >= 11 is 12.0. The van der Waals surface area contributed by atoms with Crippen molar-refractivity contribution in [1.82, 2.24) is 4.90 Å². The Kier molecular flexibility index (Phi) is 6.73. The fourth-order valence-electron chi connectivity index (χ4n) is 3.14. The highest BCUT2D eigenvalue weighted by Gasteiger charge is 2.22. The van der Waals surface area contributed by atoms with Gasteiger partial charge in [-0.3, -0.25) is 9.52 Å². The van der Waals surface area contributed by atoms with E-state index in [9.17, 15) is 18.3 Å². The van der Waals surface area contributed by atoms with E-state index in [2.05, 4.69) is 4.72 Å². The SMILES string of the molecule is Cc1cc(S(=O)(=O)Nc2ccc(CC(=O)N3CCC(O)CC3)cc2)c(Cl)cc1Cl. The van der Waals surface area contributed by atoms with E-state index in [-0.39, 0.29) is 28.4 Å². The number of piperidine rings is 1. The number of aryl methyl sites for hydroxylation is 1. The second kappa shape index (κ2) is 8.92. The molecule has 0 saturated carbocycles. The molecule has 0 aromatic heterocycles. The molecule has 1 fully saturated rings. The number of likely N-dealkylation sites (tertiary alicyclic amines) is 1. The number of nitrogens with zero attached hydrogens (tertiary/aromatic N) is 1. The number of aliphatic hydroxyl groups is 1. The van der Waals surface area contributed by atoms with Crippen molar-refractivity contribution in [2.75, 3.05) is 17.8 Å². The van der Waals surface area contributed by atoms with Gasteiger partial charge in [-0.2, -0.15) is 0 Å². The molecule has 0 spiro atoms. The average Bonchev–Trinajstić information content (AvgIpc) is 2.66. The van der Waals surface area contributed by atoms with Crippen molar-refractivity contribution in [3.05, 3.63) is 57.6 Å². The zero-order chi connectivity index (χ0) is 21.2. The third-order valence-corrected chi connectivity index (χ3v) is 7.13. The van der Waals surface area contributed by atoms with E-state index in [4.69, 9.17) is 23.2 Å². The highest BCUT2D eigenvalue weighted by Crippen LogP contribution is 2.29. The predicted octanol–water partition coefficient (Wildman–Crippen LogP) is 3.63. The highest BCUT2D eigenvalue weighted by molar-refractivity contribution is 7.92. The molecule has 0 atom stereocenters. The van der Waals surface area contributed by atoms with Gasteiger partial charge in [0.25, 0.3) is 10.0 Å². The number of halogens is 2. The Labute approximate surface area is 180 Å². The van der Waals surface area contributed by atoms with Crippen LogP contribution in [0.15, 0.2) is 41.3 Å². The molecule has 0 aliphatic carbocycles. The number of hydrogen-bond acceptors (Lipinski definition) is 4. The number of aliphatic hydroxyl groups excluding tert-OH is 1. The number of benzene rings is 2. The van der Waals surface area contributed by atoms with Gasteiger partial charge in [-0.05, 0) is 55.2 Å². The third-order valence-electron chi connectivity index (χ3n) is 4.88. The van der Waals surface area contributed by atoms with Gasteiger partial charge in [0.2, 0.25) is 5.91 Å². The van der Waals surface area contributed by atoms with Crippen molar-refractivity contribution in [1.29, 1.82) is 0 Å². The van der Waals surface area contributed by atoms with E-state index in [0.29, 0.717) is 42.2 Å². The van der Waals surface area contributed by atoms with Gasteiger partial charge in [-0.25, -0.2) is 8.42 Å². The van der Waals surface area contributed by atoms with Gasteiger partial charge in [-0.1, -0.05) is 35.3 Å². The van der Waals surface area contributed by atoms with E-state index in [1.54, 1.807) is 36.1 Å². The van der Waals surface area contributed by atoms with E-state index in [1.807, 2.05) is 0 Å². The lowest BCUT2D eigenvalue weighted by Gasteiger charge is -2.29. The largest absolute Gasteiger partial charge is 0.393 e. The van der Waals surface area contributed by atoms with Crippen LogP contribution >= 0.6 is 23.2 Å². The van der Waals surface area contributed by atoms with Gasteiger partial charge in [0.1, 0.15) is 4.90 Å². The van der Waals surface area contributed by atoms with Crippen LogP contribution in [-0.2, 0) is 21.2 Å². The first-order valence-corrected chi connectivity index (χ1v) is 11.4. The van der Waals surface area contributed by atoms with Gasteiger partial charge in [0.15, 0.2) is 0 Å². The van der Waals surface area contributed by atoms with E-state index in [0.717, 1.165) is 5.56 Å². The maximum Gasteiger partial charge on any atom is 0.263 e. The number of carbonyl (C=O) groups is 1. The molecule has 2 N–H and O–H groups in total. The second-order valence-corrected chi connectivity index (χ2v) is 9.59. The number of nitrogens with one attached hydrogen (secondary N) is 1. The molecule has 6 nitrogen and oxygen atoms in total. The normalized spacial score (nSPS) is 15.4. The average molecular weight is 457 g/mol. The first-order valence-electron chi connectivity index (χ1n) is 9.19. The Balaban J connectivity index is 1.67. The van der Waals surface area contributed by atoms with Gasteiger partial charge >= 0.3 is 0 Å². The molecule has 9 heteroatoms. The van der Waals surface area contributed by atoms with E-state index < -0.39 is 10.0 Å². The van der Waals surface area contributed by atoms with Gasteiger partial charge in [0.05, 0.1) is 17.5 Å². The summed E-state index contributed by atoms with van der Waals surface area (Å²) in [6, 6.07) is 9.47. The molecule has 2 aromatic carbocycles. The van der Waals surface area contributed by atoms with Gasteiger partial charge in [-0.15, -0.1) is 0 Å². The number of sulfonamides is 1. The van der Waals surface area contributed by atoms with Gasteiger partial charge < -0.3 is 10.0 Å². The minimum atomic E-state index is -3.88. The molecule has 1 saturated heterocycles. The van der Waals surface area contributed by atoms with Crippen LogP contribution in [0.1, 0.15) is 24.0 Å². The summed E-state index contributed by atoms with van der Waals surface area (Å²) in [6.45, 7) is 2.81. The number of rotatable bonds is 5. The molecular weight excluding hydrogens is 435 g/mol. The molecule has 1 heterocycles. The third kappa shape index (κ3) is 5.42. The van der Waals surface area contributed by atoms with Crippen LogP contribution < -0.4 is 4.72 Å². The summed E-state index contributed by atoms with van der Waals surface area (Å²) in [5.41, 5.74) is 1.76. The van der Waals surface area contributed by atoms with Crippen molar-refractivity contribution in [3.63, 3.8) is 0 Å². The van der Waals surface area contributed by atoms with E-state index in [1.165, 1.54) is 12.1 Å². The van der Waals surface area contributed by atoms with Crippen LogP contribution in [0.3, 0.4) is 0 Å². The Morgan fingerprint density at radius 1 is 1.14 bits per heavy atom. The zero-order valence-electron chi connectivity index (χ0n) is 15.9. The predicted molar refractivity (Wildman–Crippen MR) is 114 cm³/mol. The Hall–Kier alpha value is -1.80. The lowest BCUT2D eigenvalue weighted by molar-refractivity contribution is -0.132. The van der Waals surface area contributed by atoms with Crippen molar-refractivity contribution >= 4 is 44.8 Å². The molecule has 0 bridgehead atoms. The first-order chi connectivity index (χ1) is 13.7. The lowest BCUT2D eigenvalue weighted by atomic mass is 10.1. The summed E-state index contributed by atoms with van der Waals surface area (Å²) in [6.07, 6.45) is 1.09. The van der Waals surface area contributed by atoms with E-state index >= 15 is 0 Å². The minimum absolute atomic E-state index is 0.00588. The second-order valence-electron chi connectivity index (χ2n) is 7.12. The molecular formula is C20H22Cl2N2O4S. The molecule has 0 unspecified atom stereocenters. The van der Waals surface area contributed by atoms with Crippen LogP contribution in [0, 0.1) is 6.92 Å². The zero-order valence-corrected chi connectivity index (χ0v) is 18.2. The maximum absolute atomic E-state index is 12.7. The molecule has 3 rings (SSSR count). The Morgan fingerprint density at radius 2 is 1.76 bits per heavy atom. The standard InChI is InChI=1S/C20H22Cl2N2O4S/c1-13-10-19(18(22)12-17(13)21)29(27,28)23-15-4-2-14(3-5-15)11-20(26)24-8-6-16(25)7-9-24/h2-5,10,12,16,23,25H,6-9,11H2,1H3.